The first-order chi connectivity index (χ1) is 7.74. The van der Waals surface area contributed by atoms with Gasteiger partial charge in [-0.1, -0.05) is 19.0 Å². The summed E-state index contributed by atoms with van der Waals surface area (Å²) in [4.78, 5) is 6.44. The summed E-state index contributed by atoms with van der Waals surface area (Å²) in [5.41, 5.74) is 0. The Morgan fingerprint density at radius 3 is 3.19 bits per heavy atom. The van der Waals surface area contributed by atoms with E-state index in [-0.39, 0.29) is 0 Å². The van der Waals surface area contributed by atoms with E-state index in [0.717, 1.165) is 37.9 Å². The summed E-state index contributed by atoms with van der Waals surface area (Å²) in [6, 6.07) is 0.598. The minimum absolute atomic E-state index is 0.598. The second kappa shape index (κ2) is 5.41. The maximum Gasteiger partial charge on any atom is 0.213 e. The molecule has 0 radical (unpaired) electrons. The first-order valence-electron chi connectivity index (χ1n) is 5.95. The Hall–Kier alpha value is -0.940. The van der Waals surface area contributed by atoms with Crippen LogP contribution < -0.4 is 5.32 Å². The topological polar surface area (TPSA) is 54.2 Å². The van der Waals surface area contributed by atoms with E-state index in [1.807, 2.05) is 0 Å². The van der Waals surface area contributed by atoms with Gasteiger partial charge < -0.3 is 9.84 Å². The molecule has 90 valence electrons. The highest BCUT2D eigenvalue weighted by Crippen LogP contribution is 2.10. The van der Waals surface area contributed by atoms with Crippen molar-refractivity contribution in [2.75, 3.05) is 19.6 Å². The Balaban J connectivity index is 1.82. The second-order valence-corrected chi connectivity index (χ2v) is 4.86. The summed E-state index contributed by atoms with van der Waals surface area (Å²) in [7, 11) is 0. The van der Waals surface area contributed by atoms with E-state index < -0.39 is 0 Å². The van der Waals surface area contributed by atoms with Gasteiger partial charge in [-0.15, -0.1) is 0 Å². The van der Waals surface area contributed by atoms with Crippen LogP contribution in [0.1, 0.15) is 26.1 Å². The van der Waals surface area contributed by atoms with E-state index in [9.17, 15) is 0 Å². The predicted octanol–water partition coefficient (Wildman–Crippen LogP) is 0.889. The summed E-state index contributed by atoms with van der Waals surface area (Å²) >= 11 is 0. The molecule has 1 aliphatic rings. The van der Waals surface area contributed by atoms with Crippen LogP contribution in [-0.4, -0.2) is 40.7 Å². The van der Waals surface area contributed by atoms with Gasteiger partial charge in [-0.05, 0) is 12.3 Å². The van der Waals surface area contributed by atoms with Crippen molar-refractivity contribution in [2.24, 2.45) is 5.92 Å². The third-order valence-corrected chi connectivity index (χ3v) is 2.87. The van der Waals surface area contributed by atoms with E-state index in [4.69, 9.17) is 4.52 Å². The molecule has 1 aromatic rings. The zero-order valence-corrected chi connectivity index (χ0v) is 10.0. The van der Waals surface area contributed by atoms with Crippen molar-refractivity contribution in [3.05, 3.63) is 12.2 Å². The molecule has 2 heterocycles. The van der Waals surface area contributed by atoms with Gasteiger partial charge in [0.2, 0.25) is 6.39 Å². The SMILES string of the molecule is CC(C)CC1CN(Cc2ncon2)CCN1. The number of hydrogen-bond donors (Lipinski definition) is 1. The fourth-order valence-electron chi connectivity index (χ4n) is 2.23. The smallest absolute Gasteiger partial charge is 0.213 e. The molecule has 5 nitrogen and oxygen atoms in total. The molecule has 1 N–H and O–H groups in total. The van der Waals surface area contributed by atoms with Crippen molar-refractivity contribution in [1.82, 2.24) is 20.4 Å². The largest absolute Gasteiger partial charge is 0.343 e. The van der Waals surface area contributed by atoms with Crippen LogP contribution in [0.2, 0.25) is 0 Å². The number of rotatable bonds is 4. The molecular formula is C11H20N4O. The van der Waals surface area contributed by atoms with Gasteiger partial charge in [-0.2, -0.15) is 4.98 Å². The Morgan fingerprint density at radius 1 is 1.62 bits per heavy atom. The van der Waals surface area contributed by atoms with Gasteiger partial charge in [0, 0.05) is 25.7 Å². The highest BCUT2D eigenvalue weighted by atomic mass is 16.5. The van der Waals surface area contributed by atoms with Gasteiger partial charge in [0.25, 0.3) is 0 Å². The van der Waals surface area contributed by atoms with Gasteiger partial charge in [-0.25, -0.2) is 0 Å². The standard InChI is InChI=1S/C11H20N4O/c1-9(2)5-10-6-15(4-3-12-10)7-11-13-8-16-14-11/h8-10,12H,3-7H2,1-2H3. The van der Waals surface area contributed by atoms with Crippen LogP contribution in [0.4, 0.5) is 0 Å². The monoisotopic (exact) mass is 224 g/mol. The van der Waals surface area contributed by atoms with Crippen LogP contribution in [-0.2, 0) is 6.54 Å². The van der Waals surface area contributed by atoms with Crippen molar-refractivity contribution < 1.29 is 4.52 Å². The highest BCUT2D eigenvalue weighted by Gasteiger charge is 2.20. The van der Waals surface area contributed by atoms with Crippen molar-refractivity contribution in [2.45, 2.75) is 32.9 Å². The molecule has 5 heteroatoms. The maximum absolute atomic E-state index is 4.74. The van der Waals surface area contributed by atoms with Gasteiger partial charge in [0.05, 0.1) is 6.54 Å². The number of piperazine rings is 1. The van der Waals surface area contributed by atoms with Gasteiger partial charge in [-0.3, -0.25) is 4.90 Å². The molecule has 1 aromatic heterocycles. The molecule has 1 saturated heterocycles. The number of hydrogen-bond acceptors (Lipinski definition) is 5. The lowest BCUT2D eigenvalue weighted by molar-refractivity contribution is 0.174. The molecule has 0 bridgehead atoms. The molecule has 0 saturated carbocycles. The van der Waals surface area contributed by atoms with Crippen molar-refractivity contribution in [3.8, 4) is 0 Å². The first-order valence-corrected chi connectivity index (χ1v) is 5.95. The van der Waals surface area contributed by atoms with E-state index in [1.54, 1.807) is 0 Å². The molecule has 0 amide bonds. The normalized spacial score (nSPS) is 22.8. The van der Waals surface area contributed by atoms with Crippen LogP contribution in [0.15, 0.2) is 10.9 Å². The first kappa shape index (κ1) is 11.5. The van der Waals surface area contributed by atoms with E-state index >= 15 is 0 Å². The van der Waals surface area contributed by atoms with E-state index in [0.29, 0.717) is 6.04 Å². The minimum atomic E-state index is 0.598. The average molecular weight is 224 g/mol. The van der Waals surface area contributed by atoms with Crippen LogP contribution >= 0.6 is 0 Å². The van der Waals surface area contributed by atoms with Crippen molar-refractivity contribution in [1.29, 1.82) is 0 Å². The fourth-order valence-corrected chi connectivity index (χ4v) is 2.23. The van der Waals surface area contributed by atoms with Gasteiger partial charge >= 0.3 is 0 Å². The quantitative estimate of drug-likeness (QED) is 0.823. The van der Waals surface area contributed by atoms with E-state index in [1.165, 1.54) is 12.8 Å². The average Bonchev–Trinajstić information content (AvgIpc) is 2.70. The Bertz CT molecular complexity index is 299. The molecule has 2 rings (SSSR count). The summed E-state index contributed by atoms with van der Waals surface area (Å²) in [5, 5.41) is 7.40. The number of nitrogens with zero attached hydrogens (tertiary/aromatic N) is 3. The lowest BCUT2D eigenvalue weighted by Gasteiger charge is -2.33. The van der Waals surface area contributed by atoms with Crippen molar-refractivity contribution >= 4 is 0 Å². The third-order valence-electron chi connectivity index (χ3n) is 2.87. The maximum atomic E-state index is 4.74. The molecular weight excluding hydrogens is 204 g/mol. The van der Waals surface area contributed by atoms with Crippen LogP contribution in [0.5, 0.6) is 0 Å². The lowest BCUT2D eigenvalue weighted by Crippen LogP contribution is -2.50. The molecule has 0 aliphatic carbocycles. The molecule has 1 unspecified atom stereocenters. The predicted molar refractivity (Wildman–Crippen MR) is 60.8 cm³/mol. The van der Waals surface area contributed by atoms with Crippen LogP contribution in [0.3, 0.4) is 0 Å². The molecule has 0 spiro atoms. The zero-order valence-electron chi connectivity index (χ0n) is 10.0. The molecule has 1 aliphatic heterocycles. The lowest BCUT2D eigenvalue weighted by atomic mass is 10.0. The molecule has 1 fully saturated rings. The van der Waals surface area contributed by atoms with E-state index in [2.05, 4.69) is 34.2 Å². The molecule has 16 heavy (non-hydrogen) atoms. The summed E-state index contributed by atoms with van der Waals surface area (Å²) in [6.45, 7) is 8.51. The van der Waals surface area contributed by atoms with Crippen LogP contribution in [0, 0.1) is 5.92 Å². The third kappa shape index (κ3) is 3.28. The van der Waals surface area contributed by atoms with Gasteiger partial charge in [0.15, 0.2) is 5.82 Å². The molecule has 1 atom stereocenters. The van der Waals surface area contributed by atoms with Crippen LogP contribution in [0.25, 0.3) is 0 Å². The summed E-state index contributed by atoms with van der Waals surface area (Å²) < 4.78 is 4.74. The van der Waals surface area contributed by atoms with Gasteiger partial charge in [0.1, 0.15) is 0 Å². The zero-order chi connectivity index (χ0) is 11.4. The highest BCUT2D eigenvalue weighted by molar-refractivity contribution is 4.84. The minimum Gasteiger partial charge on any atom is -0.343 e. The van der Waals surface area contributed by atoms with Crippen molar-refractivity contribution in [3.63, 3.8) is 0 Å². The molecule has 0 aromatic carbocycles. The Labute approximate surface area is 96.2 Å². The summed E-state index contributed by atoms with van der Waals surface area (Å²) in [5.74, 6) is 1.52. The number of nitrogens with one attached hydrogen (secondary N) is 1. The second-order valence-electron chi connectivity index (χ2n) is 4.86. The Morgan fingerprint density at radius 2 is 2.50 bits per heavy atom. The number of aromatic nitrogens is 2. The summed E-state index contributed by atoms with van der Waals surface area (Å²) in [6.07, 6.45) is 2.62. The Kier molecular flexibility index (Phi) is 3.90. The fraction of sp³-hybridized carbons (Fsp3) is 0.818.